The van der Waals surface area contributed by atoms with Crippen LogP contribution in [0.3, 0.4) is 0 Å². The molecular formula is C13H9F15O3. The highest BCUT2D eigenvalue weighted by atomic mass is 19.4. The maximum Gasteiger partial charge on any atom is 0.438 e. The van der Waals surface area contributed by atoms with Crippen LogP contribution in [0.5, 0.6) is 0 Å². The minimum Gasteiger partial charge on any atom is -0.460 e. The van der Waals surface area contributed by atoms with Gasteiger partial charge in [0.15, 0.2) is 0 Å². The lowest BCUT2D eigenvalue weighted by molar-refractivity contribution is -0.457. The van der Waals surface area contributed by atoms with E-state index in [9.17, 15) is 70.7 Å². The van der Waals surface area contributed by atoms with Crippen LogP contribution < -0.4 is 0 Å². The van der Waals surface area contributed by atoms with Gasteiger partial charge in [-0.05, 0) is 0 Å². The second-order valence-corrected chi connectivity index (χ2v) is 5.77. The van der Waals surface area contributed by atoms with Crippen molar-refractivity contribution in [2.24, 2.45) is 0 Å². The maximum atomic E-state index is 13.5. The fraction of sp³-hybridized carbons (Fsp3) is 0.769. The van der Waals surface area contributed by atoms with Crippen molar-refractivity contribution < 1.29 is 80.5 Å². The Labute approximate surface area is 161 Å². The molecule has 0 bridgehead atoms. The average molecular weight is 498 g/mol. The molecule has 1 atom stereocenters. The zero-order valence-corrected chi connectivity index (χ0v) is 14.2. The van der Waals surface area contributed by atoms with Gasteiger partial charge in [0.25, 0.3) is 0 Å². The predicted octanol–water partition coefficient (Wildman–Crippen LogP) is 4.84. The molecule has 3 nitrogen and oxygen atoms in total. The van der Waals surface area contributed by atoms with Gasteiger partial charge in [0.2, 0.25) is 0 Å². The monoisotopic (exact) mass is 498 g/mol. The number of hydrogen-bond donors (Lipinski definition) is 1. The van der Waals surface area contributed by atoms with Crippen LogP contribution >= 0.6 is 0 Å². The van der Waals surface area contributed by atoms with Crippen LogP contribution in [0.2, 0.25) is 0 Å². The van der Waals surface area contributed by atoms with Crippen LogP contribution in [0.15, 0.2) is 12.7 Å². The quantitative estimate of drug-likeness (QED) is 0.281. The molecule has 184 valence electrons. The molecule has 31 heavy (non-hydrogen) atoms. The summed E-state index contributed by atoms with van der Waals surface area (Å²) in [6.45, 7) is 1.06. The number of alkyl halides is 15. The van der Waals surface area contributed by atoms with E-state index in [0.717, 1.165) is 0 Å². The zero-order valence-electron chi connectivity index (χ0n) is 14.2. The lowest BCUT2D eigenvalue weighted by Gasteiger charge is -2.43. The van der Waals surface area contributed by atoms with Gasteiger partial charge in [-0.3, -0.25) is 0 Å². The lowest BCUT2D eigenvalue weighted by Crippen LogP contribution is -2.75. The zero-order chi connectivity index (χ0) is 25.5. The van der Waals surface area contributed by atoms with Gasteiger partial charge in [-0.15, -0.1) is 0 Å². The van der Waals surface area contributed by atoms with E-state index in [1.807, 2.05) is 0 Å². The number of aliphatic hydroxyl groups is 1. The molecule has 0 heterocycles. The van der Waals surface area contributed by atoms with Gasteiger partial charge in [-0.1, -0.05) is 6.58 Å². The van der Waals surface area contributed by atoms with E-state index in [2.05, 4.69) is 11.3 Å². The highest BCUT2D eigenvalue weighted by Gasteiger charge is 2.95. The number of carbonyl (C=O) groups is 1. The van der Waals surface area contributed by atoms with E-state index in [1.165, 1.54) is 0 Å². The number of ether oxygens (including phenoxy) is 1. The summed E-state index contributed by atoms with van der Waals surface area (Å²) in [5.74, 6) is -32.8. The molecule has 0 fully saturated rings. The molecule has 0 aliphatic heterocycles. The van der Waals surface area contributed by atoms with Crippen LogP contribution in [0.4, 0.5) is 65.9 Å². The summed E-state index contributed by atoms with van der Waals surface area (Å²) < 4.78 is 199. The van der Waals surface area contributed by atoms with Crippen molar-refractivity contribution in [1.82, 2.24) is 0 Å². The van der Waals surface area contributed by atoms with Crippen molar-refractivity contribution >= 4 is 5.97 Å². The minimum absolute atomic E-state index is 0.323. The summed E-state index contributed by atoms with van der Waals surface area (Å²) >= 11 is 0. The second kappa shape index (κ2) is 8.23. The molecule has 1 N–H and O–H groups in total. The number of carbonyl (C=O) groups excluding carboxylic acids is 1. The summed E-state index contributed by atoms with van der Waals surface area (Å²) in [4.78, 5) is 10.6. The smallest absolute Gasteiger partial charge is 0.438 e. The van der Waals surface area contributed by atoms with Crippen molar-refractivity contribution in [3.63, 3.8) is 0 Å². The fourth-order valence-electron chi connectivity index (χ4n) is 1.88. The molecule has 0 aliphatic rings. The van der Waals surface area contributed by atoms with Crippen LogP contribution in [0.1, 0.15) is 6.42 Å². The Morgan fingerprint density at radius 2 is 1.16 bits per heavy atom. The molecule has 0 amide bonds. The van der Waals surface area contributed by atoms with Gasteiger partial charge in [-0.2, -0.15) is 61.5 Å². The SMILES string of the molecule is C=CC(=O)OC[C@H](O)CC(F)(F)C(F)(F)C(F)(F)C(F)(F)C(F)(C(F)(F)F)C(F)(F)F. The lowest BCUT2D eigenvalue weighted by atomic mass is 9.85. The Bertz CT molecular complexity index is 650. The molecule has 18 heteroatoms. The third-order valence-electron chi connectivity index (χ3n) is 3.54. The molecule has 0 radical (unpaired) electrons. The molecule has 0 saturated carbocycles. The largest absolute Gasteiger partial charge is 0.460 e. The number of esters is 1. The van der Waals surface area contributed by atoms with Crippen molar-refractivity contribution in [2.75, 3.05) is 6.61 Å². The Morgan fingerprint density at radius 3 is 1.48 bits per heavy atom. The van der Waals surface area contributed by atoms with Gasteiger partial charge in [0, 0.05) is 12.5 Å². The Hall–Kier alpha value is -1.88. The number of rotatable bonds is 9. The van der Waals surface area contributed by atoms with Crippen molar-refractivity contribution in [2.45, 2.75) is 54.2 Å². The molecule has 0 unspecified atom stereocenters. The summed E-state index contributed by atoms with van der Waals surface area (Å²) in [6, 6.07) is 0. The molecule has 0 rings (SSSR count). The first kappa shape index (κ1) is 29.1. The van der Waals surface area contributed by atoms with E-state index < -0.39 is 66.8 Å². The highest BCUT2D eigenvalue weighted by molar-refractivity contribution is 5.81. The molecule has 0 aliphatic carbocycles. The first-order valence-electron chi connectivity index (χ1n) is 7.16. The molecular weight excluding hydrogens is 489 g/mol. The fourth-order valence-corrected chi connectivity index (χ4v) is 1.88. The summed E-state index contributed by atoms with van der Waals surface area (Å²) in [5, 5.41) is 8.99. The average Bonchev–Trinajstić information content (AvgIpc) is 2.55. The standard InChI is InChI=1S/C13H9F15O3/c1-2-6(30)31-4-5(29)3-7(14,15)9(17,18)11(21,22)10(19,20)8(16,12(23,24)25)13(26,27)28/h2,5,29H,1,3-4H2/t5-/m1/s1. The predicted molar refractivity (Wildman–Crippen MR) is 67.5 cm³/mol. The molecule has 0 aromatic carbocycles. The van der Waals surface area contributed by atoms with Crippen molar-refractivity contribution in [3.05, 3.63) is 12.7 Å². The van der Waals surface area contributed by atoms with E-state index >= 15 is 0 Å². The van der Waals surface area contributed by atoms with E-state index in [0.29, 0.717) is 6.08 Å². The molecule has 0 aromatic heterocycles. The highest BCUT2D eigenvalue weighted by Crippen LogP contribution is 2.64. The summed E-state index contributed by atoms with van der Waals surface area (Å²) in [5.41, 5.74) is -8.38. The maximum absolute atomic E-state index is 13.5. The normalized spacial score (nSPS) is 16.1. The Kier molecular flexibility index (Phi) is 7.73. The number of hydrogen-bond acceptors (Lipinski definition) is 3. The van der Waals surface area contributed by atoms with E-state index in [-0.39, 0.29) is 0 Å². The molecule has 0 aromatic rings. The number of aliphatic hydroxyl groups excluding tert-OH is 1. The van der Waals surface area contributed by atoms with Crippen molar-refractivity contribution in [1.29, 1.82) is 0 Å². The Balaban J connectivity index is 6.30. The van der Waals surface area contributed by atoms with Crippen LogP contribution in [0, 0.1) is 0 Å². The van der Waals surface area contributed by atoms with Crippen LogP contribution in [0.25, 0.3) is 0 Å². The summed E-state index contributed by atoms with van der Waals surface area (Å²) in [6.07, 6.45) is -21.8. The van der Waals surface area contributed by atoms with E-state index in [1.54, 1.807) is 0 Å². The minimum atomic E-state index is -8.52. The van der Waals surface area contributed by atoms with Gasteiger partial charge in [-0.25, -0.2) is 9.18 Å². The first-order valence-corrected chi connectivity index (χ1v) is 7.16. The summed E-state index contributed by atoms with van der Waals surface area (Å²) in [7, 11) is 0. The van der Waals surface area contributed by atoms with Crippen LogP contribution in [-0.4, -0.2) is 65.5 Å². The second-order valence-electron chi connectivity index (χ2n) is 5.77. The Morgan fingerprint density at radius 1 is 0.774 bits per heavy atom. The van der Waals surface area contributed by atoms with Gasteiger partial charge >= 0.3 is 47.7 Å². The van der Waals surface area contributed by atoms with E-state index in [4.69, 9.17) is 5.11 Å². The number of halogens is 15. The van der Waals surface area contributed by atoms with Crippen LogP contribution in [-0.2, 0) is 9.53 Å². The van der Waals surface area contributed by atoms with Crippen molar-refractivity contribution in [3.8, 4) is 0 Å². The van der Waals surface area contributed by atoms with Gasteiger partial charge in [0.05, 0.1) is 6.10 Å². The third-order valence-corrected chi connectivity index (χ3v) is 3.54. The van der Waals surface area contributed by atoms with Gasteiger partial charge < -0.3 is 9.84 Å². The molecule has 0 saturated heterocycles. The molecule has 0 spiro atoms. The van der Waals surface area contributed by atoms with Gasteiger partial charge in [0.1, 0.15) is 6.61 Å². The third kappa shape index (κ3) is 4.67. The first-order chi connectivity index (χ1) is 13.3. The topological polar surface area (TPSA) is 46.5 Å².